The number of hydrogen-bond acceptors (Lipinski definition) is 5. The summed E-state index contributed by atoms with van der Waals surface area (Å²) in [7, 11) is 1.60. The van der Waals surface area contributed by atoms with E-state index in [2.05, 4.69) is 12.3 Å². The highest BCUT2D eigenvalue weighted by molar-refractivity contribution is 8.01. The van der Waals surface area contributed by atoms with Crippen molar-refractivity contribution >= 4 is 29.7 Å². The van der Waals surface area contributed by atoms with Gasteiger partial charge in [0, 0.05) is 10.3 Å². The predicted octanol–water partition coefficient (Wildman–Crippen LogP) is 3.03. The summed E-state index contributed by atoms with van der Waals surface area (Å²) in [6, 6.07) is 6.92. The molecule has 0 bridgehead atoms. The molecule has 1 amide bonds. The van der Waals surface area contributed by atoms with Crippen LogP contribution in [0.1, 0.15) is 19.4 Å². The number of benzene rings is 1. The molecule has 0 spiro atoms. The molecular weight excluding hydrogens is 350 g/mol. The van der Waals surface area contributed by atoms with Crippen LogP contribution < -0.4 is 4.74 Å². The molecule has 2 heterocycles. The second-order valence-corrected chi connectivity index (χ2v) is 8.29. The normalized spacial score (nSPS) is 22.8. The van der Waals surface area contributed by atoms with E-state index in [0.29, 0.717) is 5.57 Å². The van der Waals surface area contributed by atoms with Gasteiger partial charge in [0.05, 0.1) is 12.7 Å². The number of fused-ring (bicyclic) bond motifs is 1. The molecule has 2 atom stereocenters. The first-order valence-corrected chi connectivity index (χ1v) is 9.16. The van der Waals surface area contributed by atoms with Crippen LogP contribution in [0.5, 0.6) is 5.75 Å². The first kappa shape index (κ1) is 18.4. The van der Waals surface area contributed by atoms with E-state index in [1.54, 1.807) is 29.8 Å². The molecular formula is C20H21NO4S. The van der Waals surface area contributed by atoms with Crippen LogP contribution in [-0.2, 0) is 14.3 Å². The van der Waals surface area contributed by atoms with Crippen LogP contribution in [0.3, 0.4) is 0 Å². The van der Waals surface area contributed by atoms with Crippen molar-refractivity contribution in [2.24, 2.45) is 0 Å². The number of para-hydroxylation sites is 1. The van der Waals surface area contributed by atoms with Gasteiger partial charge in [0.1, 0.15) is 23.8 Å². The maximum Gasteiger partial charge on any atom is 0.330 e. The van der Waals surface area contributed by atoms with Gasteiger partial charge in [0.25, 0.3) is 5.91 Å². The van der Waals surface area contributed by atoms with Crippen LogP contribution in [0.25, 0.3) is 6.08 Å². The molecule has 26 heavy (non-hydrogen) atoms. The van der Waals surface area contributed by atoms with Gasteiger partial charge in [-0.3, -0.25) is 4.79 Å². The molecule has 6 heteroatoms. The topological polar surface area (TPSA) is 55.8 Å². The lowest BCUT2D eigenvalue weighted by molar-refractivity contribution is -0.156. The molecule has 0 unspecified atom stereocenters. The smallest absolute Gasteiger partial charge is 0.330 e. The summed E-state index contributed by atoms with van der Waals surface area (Å²) in [4.78, 5) is 26.6. The highest BCUT2D eigenvalue weighted by Gasteiger charge is 2.61. The Kier molecular flexibility index (Phi) is 4.99. The van der Waals surface area contributed by atoms with Crippen molar-refractivity contribution in [2.45, 2.75) is 30.0 Å². The standard InChI is InChI=1S/C20H21NO4S/c1-5-12-25-19(23)16-20(2,3)26-18-14(17(22)21(16)18)11-10-13-8-6-7-9-15(13)24-4/h5-10,16,18H,1,12H2,2-4H3/t11?,16-,18+/m0/s1. The average Bonchev–Trinajstić information content (AvgIpc) is 2.88. The second-order valence-electron chi connectivity index (χ2n) is 6.55. The zero-order chi connectivity index (χ0) is 18.9. The van der Waals surface area contributed by atoms with Crippen LogP contribution in [0.2, 0.25) is 0 Å². The van der Waals surface area contributed by atoms with E-state index in [4.69, 9.17) is 9.47 Å². The molecule has 2 saturated heterocycles. The van der Waals surface area contributed by atoms with Crippen LogP contribution in [0.4, 0.5) is 0 Å². The Morgan fingerprint density at radius 2 is 2.15 bits per heavy atom. The maximum atomic E-state index is 12.6. The fraction of sp³-hybridized carbons (Fsp3) is 0.350. The number of hydrogen-bond donors (Lipinski definition) is 0. The molecule has 1 aromatic rings. The third-order valence-corrected chi connectivity index (χ3v) is 5.92. The van der Waals surface area contributed by atoms with Crippen LogP contribution in [0, 0.1) is 0 Å². The van der Waals surface area contributed by atoms with Crippen molar-refractivity contribution in [3.05, 3.63) is 53.8 Å². The number of carbonyl (C=O) groups excluding carboxylic acids is 2. The van der Waals surface area contributed by atoms with Crippen LogP contribution in [0.15, 0.2) is 48.2 Å². The van der Waals surface area contributed by atoms with Gasteiger partial charge < -0.3 is 14.4 Å². The quantitative estimate of drug-likeness (QED) is 0.262. The minimum Gasteiger partial charge on any atom is -0.496 e. The molecule has 5 nitrogen and oxygen atoms in total. The summed E-state index contributed by atoms with van der Waals surface area (Å²) in [5.74, 6) is 0.139. The lowest BCUT2D eigenvalue weighted by atomic mass is 9.96. The first-order valence-electron chi connectivity index (χ1n) is 8.28. The van der Waals surface area contributed by atoms with Gasteiger partial charge >= 0.3 is 5.97 Å². The van der Waals surface area contributed by atoms with E-state index in [9.17, 15) is 9.59 Å². The number of β-lactam (4-membered cyclic amide) rings is 1. The number of thioether (sulfide) groups is 1. The van der Waals surface area contributed by atoms with Crippen molar-refractivity contribution in [1.29, 1.82) is 0 Å². The second kappa shape index (κ2) is 7.06. The number of esters is 1. The van der Waals surface area contributed by atoms with Gasteiger partial charge in [-0.1, -0.05) is 30.9 Å². The minimum atomic E-state index is -0.609. The van der Waals surface area contributed by atoms with Gasteiger partial charge in [-0.05, 0) is 26.0 Å². The van der Waals surface area contributed by atoms with Crippen LogP contribution in [-0.4, -0.2) is 46.7 Å². The number of rotatable bonds is 5. The SMILES string of the molecule is C=CCOC(=O)[C@@H]1N2C(=O)C(=C=Cc3ccccc3OC)[C@H]2SC1(C)C. The molecule has 136 valence electrons. The number of amides is 1. The number of ether oxygens (including phenoxy) is 2. The van der Waals surface area contributed by atoms with Crippen molar-refractivity contribution in [3.63, 3.8) is 0 Å². The Morgan fingerprint density at radius 3 is 2.85 bits per heavy atom. The Morgan fingerprint density at radius 1 is 1.42 bits per heavy atom. The molecule has 0 saturated carbocycles. The molecule has 2 fully saturated rings. The fourth-order valence-electron chi connectivity index (χ4n) is 3.17. The van der Waals surface area contributed by atoms with Gasteiger partial charge in [-0.2, -0.15) is 0 Å². The maximum absolute atomic E-state index is 12.6. The van der Waals surface area contributed by atoms with E-state index >= 15 is 0 Å². The van der Waals surface area contributed by atoms with E-state index in [0.717, 1.165) is 11.3 Å². The van der Waals surface area contributed by atoms with Crippen molar-refractivity contribution in [2.75, 3.05) is 13.7 Å². The summed E-state index contributed by atoms with van der Waals surface area (Å²) < 4.78 is 10.1. The Hall–Kier alpha value is -2.43. The molecule has 2 aliphatic heterocycles. The van der Waals surface area contributed by atoms with E-state index in [-0.39, 0.29) is 17.9 Å². The number of carbonyl (C=O) groups is 2. The average molecular weight is 371 g/mol. The fourth-order valence-corrected chi connectivity index (χ4v) is 4.70. The largest absolute Gasteiger partial charge is 0.496 e. The van der Waals surface area contributed by atoms with Crippen molar-refractivity contribution in [1.82, 2.24) is 4.90 Å². The van der Waals surface area contributed by atoms with E-state index in [1.165, 1.54) is 6.08 Å². The molecule has 0 aliphatic carbocycles. The van der Waals surface area contributed by atoms with Crippen molar-refractivity contribution in [3.8, 4) is 5.75 Å². The van der Waals surface area contributed by atoms with Gasteiger partial charge in [0.15, 0.2) is 0 Å². The number of nitrogens with zero attached hydrogens (tertiary/aromatic N) is 1. The molecule has 0 radical (unpaired) electrons. The Balaban J connectivity index is 1.87. The van der Waals surface area contributed by atoms with E-state index in [1.807, 2.05) is 38.1 Å². The van der Waals surface area contributed by atoms with Gasteiger partial charge in [-0.25, -0.2) is 4.79 Å². The van der Waals surface area contributed by atoms with Crippen molar-refractivity contribution < 1.29 is 19.1 Å². The van der Waals surface area contributed by atoms with Crippen LogP contribution >= 0.6 is 11.8 Å². The Bertz CT molecular complexity index is 823. The summed E-state index contributed by atoms with van der Waals surface area (Å²) in [6.07, 6.45) is 3.27. The lowest BCUT2D eigenvalue weighted by Gasteiger charge is -2.38. The molecule has 1 aromatic carbocycles. The molecule has 0 N–H and O–H groups in total. The van der Waals surface area contributed by atoms with Gasteiger partial charge in [-0.15, -0.1) is 17.5 Å². The Labute approximate surface area is 157 Å². The predicted molar refractivity (Wildman–Crippen MR) is 102 cm³/mol. The molecule has 0 aromatic heterocycles. The summed E-state index contributed by atoms with van der Waals surface area (Å²) in [5.41, 5.74) is 4.51. The third kappa shape index (κ3) is 3.06. The first-order chi connectivity index (χ1) is 12.4. The highest BCUT2D eigenvalue weighted by atomic mass is 32.2. The summed E-state index contributed by atoms with van der Waals surface area (Å²) in [6.45, 7) is 7.58. The number of methoxy groups -OCH3 is 1. The summed E-state index contributed by atoms with van der Waals surface area (Å²) >= 11 is 1.57. The zero-order valence-electron chi connectivity index (χ0n) is 15.0. The summed E-state index contributed by atoms with van der Waals surface area (Å²) in [5, 5.41) is -0.190. The monoisotopic (exact) mass is 371 g/mol. The molecule has 2 aliphatic rings. The van der Waals surface area contributed by atoms with Gasteiger partial charge in [0.2, 0.25) is 0 Å². The lowest BCUT2D eigenvalue weighted by Crippen LogP contribution is -2.58. The van der Waals surface area contributed by atoms with E-state index < -0.39 is 16.8 Å². The zero-order valence-corrected chi connectivity index (χ0v) is 15.8. The highest BCUT2D eigenvalue weighted by Crippen LogP contribution is 2.53. The molecule has 3 rings (SSSR count). The minimum absolute atomic E-state index is 0.138. The third-order valence-electron chi connectivity index (χ3n) is 4.41.